The Bertz CT molecular complexity index is 576. The highest BCUT2D eigenvalue weighted by Crippen LogP contribution is 2.35. The average molecular weight is 311 g/mol. The molecule has 100 valence electrons. The van der Waals surface area contributed by atoms with Crippen LogP contribution >= 0.6 is 35.0 Å². The lowest BCUT2D eigenvalue weighted by molar-refractivity contribution is 1.12. The zero-order valence-electron chi connectivity index (χ0n) is 11.2. The topological polar surface area (TPSA) is 0 Å². The van der Waals surface area contributed by atoms with Crippen LogP contribution in [0.15, 0.2) is 41.3 Å². The summed E-state index contributed by atoms with van der Waals surface area (Å²) in [4.78, 5) is 1.24. The number of hydrogen-bond donors (Lipinski definition) is 0. The SMILES string of the molecule is CSc1ccc(C(Cl)c2cc(C)c(C)cc2Cl)cc1. The predicted molar refractivity (Wildman–Crippen MR) is 86.8 cm³/mol. The summed E-state index contributed by atoms with van der Waals surface area (Å²) in [6.07, 6.45) is 2.06. The highest BCUT2D eigenvalue weighted by Gasteiger charge is 2.15. The number of thioether (sulfide) groups is 1. The van der Waals surface area contributed by atoms with E-state index in [1.807, 2.05) is 6.07 Å². The van der Waals surface area contributed by atoms with Gasteiger partial charge in [-0.1, -0.05) is 29.8 Å². The molecule has 2 aromatic rings. The van der Waals surface area contributed by atoms with E-state index in [4.69, 9.17) is 23.2 Å². The Morgan fingerprint density at radius 2 is 1.58 bits per heavy atom. The number of aryl methyl sites for hydroxylation is 2. The monoisotopic (exact) mass is 310 g/mol. The molecule has 0 nitrogen and oxygen atoms in total. The van der Waals surface area contributed by atoms with Gasteiger partial charge < -0.3 is 0 Å². The largest absolute Gasteiger partial charge is 0.130 e. The first-order valence-electron chi connectivity index (χ1n) is 6.07. The Balaban J connectivity index is 2.37. The molecule has 1 unspecified atom stereocenters. The van der Waals surface area contributed by atoms with E-state index in [2.05, 4.69) is 50.4 Å². The van der Waals surface area contributed by atoms with Crippen LogP contribution in [-0.2, 0) is 0 Å². The Kier molecular flexibility index (Phi) is 4.83. The second-order valence-electron chi connectivity index (χ2n) is 4.59. The van der Waals surface area contributed by atoms with E-state index in [1.165, 1.54) is 16.0 Å². The van der Waals surface area contributed by atoms with Crippen molar-refractivity contribution in [3.8, 4) is 0 Å². The molecule has 0 amide bonds. The van der Waals surface area contributed by atoms with Crippen molar-refractivity contribution in [1.82, 2.24) is 0 Å². The third-order valence-corrected chi connectivity index (χ3v) is 4.85. The van der Waals surface area contributed by atoms with Gasteiger partial charge in [0.05, 0.1) is 5.38 Å². The Morgan fingerprint density at radius 3 is 2.16 bits per heavy atom. The van der Waals surface area contributed by atoms with Crippen LogP contribution in [0.4, 0.5) is 0 Å². The van der Waals surface area contributed by atoms with Gasteiger partial charge in [-0.05, 0) is 60.6 Å². The van der Waals surface area contributed by atoms with Gasteiger partial charge in [-0.15, -0.1) is 23.4 Å². The number of alkyl halides is 1. The fourth-order valence-corrected chi connectivity index (χ4v) is 3.07. The van der Waals surface area contributed by atoms with E-state index in [-0.39, 0.29) is 5.38 Å². The van der Waals surface area contributed by atoms with Crippen molar-refractivity contribution in [2.24, 2.45) is 0 Å². The summed E-state index contributed by atoms with van der Waals surface area (Å²) in [5, 5.41) is 0.528. The predicted octanol–water partition coefficient (Wildman–Crippen LogP) is 6.01. The minimum atomic E-state index is -0.206. The molecule has 0 N–H and O–H groups in total. The lowest BCUT2D eigenvalue weighted by atomic mass is 10.00. The summed E-state index contributed by atoms with van der Waals surface area (Å²) in [5.41, 5.74) is 4.45. The van der Waals surface area contributed by atoms with Gasteiger partial charge in [0, 0.05) is 9.92 Å². The fourth-order valence-electron chi connectivity index (χ4n) is 1.95. The molecule has 0 aliphatic carbocycles. The van der Waals surface area contributed by atoms with Gasteiger partial charge in [-0.3, -0.25) is 0 Å². The maximum atomic E-state index is 6.57. The van der Waals surface area contributed by atoms with Crippen LogP contribution in [0, 0.1) is 13.8 Å². The lowest BCUT2D eigenvalue weighted by Gasteiger charge is -2.14. The number of rotatable bonds is 3. The van der Waals surface area contributed by atoms with Crippen molar-refractivity contribution in [2.45, 2.75) is 24.1 Å². The molecule has 0 aliphatic heterocycles. The zero-order valence-corrected chi connectivity index (χ0v) is 13.5. The molecule has 0 aliphatic rings. The Labute approximate surface area is 129 Å². The lowest BCUT2D eigenvalue weighted by Crippen LogP contribution is -1.96. The van der Waals surface area contributed by atoms with Gasteiger partial charge in [-0.2, -0.15) is 0 Å². The summed E-state index contributed by atoms with van der Waals surface area (Å²) in [6, 6.07) is 12.4. The number of hydrogen-bond acceptors (Lipinski definition) is 1. The quantitative estimate of drug-likeness (QED) is 0.494. The third-order valence-electron chi connectivity index (χ3n) is 3.29. The molecule has 0 fully saturated rings. The standard InChI is InChI=1S/C16H16Cl2S/c1-10-8-14(15(17)9-11(10)2)16(18)12-4-6-13(19-3)7-5-12/h4-9,16H,1-3H3. The van der Waals surface area contributed by atoms with Crippen LogP contribution in [0.25, 0.3) is 0 Å². The molecule has 0 saturated heterocycles. The van der Waals surface area contributed by atoms with Crippen molar-refractivity contribution in [1.29, 1.82) is 0 Å². The van der Waals surface area contributed by atoms with Crippen molar-refractivity contribution < 1.29 is 0 Å². The molecular formula is C16H16Cl2S. The first kappa shape index (κ1) is 14.8. The van der Waals surface area contributed by atoms with E-state index in [9.17, 15) is 0 Å². The van der Waals surface area contributed by atoms with E-state index in [0.29, 0.717) is 0 Å². The Morgan fingerprint density at radius 1 is 1.00 bits per heavy atom. The summed E-state index contributed by atoms with van der Waals surface area (Å²) in [5.74, 6) is 0. The summed E-state index contributed by atoms with van der Waals surface area (Å²) in [7, 11) is 0. The normalized spacial score (nSPS) is 12.5. The molecule has 0 saturated carbocycles. The van der Waals surface area contributed by atoms with Crippen molar-refractivity contribution in [2.75, 3.05) is 6.26 Å². The van der Waals surface area contributed by atoms with Crippen molar-refractivity contribution in [3.05, 3.63) is 63.7 Å². The van der Waals surface area contributed by atoms with Gasteiger partial charge in [0.15, 0.2) is 0 Å². The molecule has 3 heteroatoms. The van der Waals surface area contributed by atoms with Crippen LogP contribution in [0.1, 0.15) is 27.6 Å². The molecule has 0 radical (unpaired) electrons. The molecule has 1 atom stereocenters. The minimum Gasteiger partial charge on any atom is -0.130 e. The van der Waals surface area contributed by atoms with Crippen LogP contribution < -0.4 is 0 Å². The summed E-state index contributed by atoms with van der Waals surface area (Å²) >= 11 is 14.6. The molecule has 0 aromatic heterocycles. The van der Waals surface area contributed by atoms with E-state index in [1.54, 1.807) is 11.8 Å². The van der Waals surface area contributed by atoms with Gasteiger partial charge in [-0.25, -0.2) is 0 Å². The molecule has 2 aromatic carbocycles. The first-order chi connectivity index (χ1) is 9.02. The molecular weight excluding hydrogens is 295 g/mol. The molecule has 0 heterocycles. The van der Waals surface area contributed by atoms with Crippen LogP contribution in [0.3, 0.4) is 0 Å². The fraction of sp³-hybridized carbons (Fsp3) is 0.250. The van der Waals surface area contributed by atoms with Gasteiger partial charge >= 0.3 is 0 Å². The second-order valence-corrected chi connectivity index (χ2v) is 6.32. The first-order valence-corrected chi connectivity index (χ1v) is 8.11. The van der Waals surface area contributed by atoms with Gasteiger partial charge in [0.2, 0.25) is 0 Å². The van der Waals surface area contributed by atoms with Gasteiger partial charge in [0.1, 0.15) is 0 Å². The third kappa shape index (κ3) is 3.28. The summed E-state index contributed by atoms with van der Waals surface area (Å²) in [6.45, 7) is 4.14. The van der Waals surface area contributed by atoms with Gasteiger partial charge in [0.25, 0.3) is 0 Å². The van der Waals surface area contributed by atoms with E-state index < -0.39 is 0 Å². The number of halogens is 2. The van der Waals surface area contributed by atoms with Crippen molar-refractivity contribution >= 4 is 35.0 Å². The molecule has 0 bridgehead atoms. The highest BCUT2D eigenvalue weighted by atomic mass is 35.5. The highest BCUT2D eigenvalue weighted by molar-refractivity contribution is 7.98. The minimum absolute atomic E-state index is 0.206. The van der Waals surface area contributed by atoms with Crippen LogP contribution in [0.5, 0.6) is 0 Å². The molecule has 19 heavy (non-hydrogen) atoms. The van der Waals surface area contributed by atoms with Crippen LogP contribution in [-0.4, -0.2) is 6.26 Å². The van der Waals surface area contributed by atoms with E-state index in [0.717, 1.165) is 16.1 Å². The van der Waals surface area contributed by atoms with E-state index >= 15 is 0 Å². The Hall–Kier alpha value is -0.630. The second kappa shape index (κ2) is 6.21. The van der Waals surface area contributed by atoms with Crippen LogP contribution in [0.2, 0.25) is 5.02 Å². The summed E-state index contributed by atoms with van der Waals surface area (Å²) < 4.78 is 0. The van der Waals surface area contributed by atoms with Crippen molar-refractivity contribution in [3.63, 3.8) is 0 Å². The molecule has 0 spiro atoms. The number of benzene rings is 2. The smallest absolute Gasteiger partial charge is 0.0849 e. The maximum absolute atomic E-state index is 6.57. The average Bonchev–Trinajstić information content (AvgIpc) is 2.42. The maximum Gasteiger partial charge on any atom is 0.0849 e. The zero-order chi connectivity index (χ0) is 14.0. The molecule has 2 rings (SSSR count).